The molecule has 0 aromatic heterocycles. The molecule has 7 heteroatoms. The molecule has 1 aliphatic rings. The van der Waals surface area contributed by atoms with Crippen LogP contribution in [0.3, 0.4) is 0 Å². The third kappa shape index (κ3) is 6.90. The Labute approximate surface area is 185 Å². The molecule has 1 aromatic rings. The predicted octanol–water partition coefficient (Wildman–Crippen LogP) is 3.96. The van der Waals surface area contributed by atoms with Gasteiger partial charge in [-0.25, -0.2) is 4.39 Å². The molecular weight excluding hydrogens is 472 g/mol. The minimum absolute atomic E-state index is 0. The first-order chi connectivity index (χ1) is 12.9. The average Bonchev–Trinajstić information content (AvgIpc) is 2.65. The largest absolute Gasteiger partial charge is 0.466 e. The van der Waals surface area contributed by atoms with Gasteiger partial charge < -0.3 is 15.0 Å². The minimum Gasteiger partial charge on any atom is -0.466 e. The second kappa shape index (κ2) is 11.6. The number of ether oxygens (including phenoxy) is 1. The molecule has 1 heterocycles. The maximum Gasteiger partial charge on any atom is 0.309 e. The summed E-state index contributed by atoms with van der Waals surface area (Å²) in [4.78, 5) is 18.9. The normalized spacial score (nSPS) is 15.8. The molecule has 1 saturated heterocycles. The highest BCUT2D eigenvalue weighted by Crippen LogP contribution is 2.25. The van der Waals surface area contributed by atoms with Gasteiger partial charge in [-0.2, -0.15) is 0 Å². The zero-order valence-electron chi connectivity index (χ0n) is 17.3. The van der Waals surface area contributed by atoms with Crippen LogP contribution in [0.25, 0.3) is 0 Å². The Morgan fingerprint density at radius 2 is 2.00 bits per heavy atom. The van der Waals surface area contributed by atoms with E-state index in [4.69, 9.17) is 9.73 Å². The second-order valence-electron chi connectivity index (χ2n) is 7.58. The molecule has 0 spiro atoms. The van der Waals surface area contributed by atoms with E-state index in [9.17, 15) is 9.18 Å². The van der Waals surface area contributed by atoms with Crippen molar-refractivity contribution in [1.29, 1.82) is 0 Å². The number of hydrogen-bond acceptors (Lipinski definition) is 3. The Kier molecular flexibility index (Phi) is 10.2. The molecule has 0 bridgehead atoms. The van der Waals surface area contributed by atoms with Gasteiger partial charge in [0.15, 0.2) is 5.96 Å². The zero-order chi connectivity index (χ0) is 19.9. The van der Waals surface area contributed by atoms with Crippen LogP contribution >= 0.6 is 24.0 Å². The highest BCUT2D eigenvalue weighted by Gasteiger charge is 2.28. The number of rotatable bonds is 6. The summed E-state index contributed by atoms with van der Waals surface area (Å²) in [5, 5.41) is 3.34. The Morgan fingerprint density at radius 1 is 1.32 bits per heavy atom. The molecule has 0 unspecified atom stereocenters. The van der Waals surface area contributed by atoms with Gasteiger partial charge in [-0.15, -0.1) is 24.0 Å². The number of hydrogen-bond donors (Lipinski definition) is 1. The number of halogens is 2. The van der Waals surface area contributed by atoms with E-state index in [0.717, 1.165) is 44.0 Å². The quantitative estimate of drug-likeness (QED) is 0.275. The van der Waals surface area contributed by atoms with E-state index in [1.165, 1.54) is 6.07 Å². The summed E-state index contributed by atoms with van der Waals surface area (Å²) in [6, 6.07) is 6.71. The highest BCUT2D eigenvalue weighted by molar-refractivity contribution is 14.0. The van der Waals surface area contributed by atoms with E-state index in [2.05, 4.69) is 24.1 Å². The fraction of sp³-hybridized carbons (Fsp3) is 0.619. The molecule has 1 aromatic carbocycles. The van der Waals surface area contributed by atoms with Crippen LogP contribution in [-0.4, -0.2) is 49.6 Å². The topological polar surface area (TPSA) is 53.9 Å². The van der Waals surface area contributed by atoms with Crippen LogP contribution in [0.15, 0.2) is 29.3 Å². The van der Waals surface area contributed by atoms with Crippen LogP contribution in [-0.2, 0) is 14.9 Å². The highest BCUT2D eigenvalue weighted by atomic mass is 127. The summed E-state index contributed by atoms with van der Waals surface area (Å²) in [6.07, 6.45) is 1.55. The van der Waals surface area contributed by atoms with Crippen LogP contribution in [0, 0.1) is 11.7 Å². The van der Waals surface area contributed by atoms with E-state index >= 15 is 0 Å². The van der Waals surface area contributed by atoms with Gasteiger partial charge in [0.2, 0.25) is 0 Å². The summed E-state index contributed by atoms with van der Waals surface area (Å²) in [6.45, 7) is 11.3. The SMILES string of the molecule is CCNC(=NCC(C)(C)c1cccc(F)c1)N1CCC(C(=O)OCC)CC1.I. The number of nitrogens with one attached hydrogen (secondary N) is 1. The monoisotopic (exact) mass is 505 g/mol. The lowest BCUT2D eigenvalue weighted by atomic mass is 9.85. The van der Waals surface area contributed by atoms with Crippen molar-refractivity contribution >= 4 is 35.9 Å². The van der Waals surface area contributed by atoms with Gasteiger partial charge in [0.05, 0.1) is 19.1 Å². The maximum atomic E-state index is 13.6. The molecule has 0 radical (unpaired) electrons. The van der Waals surface area contributed by atoms with Gasteiger partial charge >= 0.3 is 5.97 Å². The van der Waals surface area contributed by atoms with Crippen LogP contribution in [0.4, 0.5) is 4.39 Å². The van der Waals surface area contributed by atoms with Crippen LogP contribution in [0.2, 0.25) is 0 Å². The number of likely N-dealkylation sites (tertiary alicyclic amines) is 1. The van der Waals surface area contributed by atoms with E-state index in [1.807, 2.05) is 19.9 Å². The number of esters is 1. The Bertz CT molecular complexity index is 659. The van der Waals surface area contributed by atoms with Crippen LogP contribution in [0.5, 0.6) is 0 Å². The minimum atomic E-state index is -0.272. The first kappa shape index (κ1) is 24.7. The molecule has 0 atom stereocenters. The first-order valence-corrected chi connectivity index (χ1v) is 9.83. The third-order valence-corrected chi connectivity index (χ3v) is 4.98. The van der Waals surface area contributed by atoms with E-state index in [-0.39, 0.29) is 47.1 Å². The van der Waals surface area contributed by atoms with Crippen molar-refractivity contribution in [2.75, 3.05) is 32.8 Å². The number of aliphatic imine (C=N–C) groups is 1. The van der Waals surface area contributed by atoms with Crippen molar-refractivity contribution in [2.24, 2.45) is 10.9 Å². The van der Waals surface area contributed by atoms with Crippen molar-refractivity contribution in [3.8, 4) is 0 Å². The summed E-state index contributed by atoms with van der Waals surface area (Å²) >= 11 is 0. The molecule has 1 N–H and O–H groups in total. The van der Waals surface area contributed by atoms with E-state index in [0.29, 0.717) is 13.2 Å². The molecule has 2 rings (SSSR count). The van der Waals surface area contributed by atoms with Gasteiger partial charge in [0.1, 0.15) is 5.82 Å². The average molecular weight is 505 g/mol. The Balaban J connectivity index is 0.00000392. The van der Waals surface area contributed by atoms with Gasteiger partial charge in [0.25, 0.3) is 0 Å². The molecule has 0 amide bonds. The smallest absolute Gasteiger partial charge is 0.309 e. The molecular formula is C21H33FIN3O2. The van der Waals surface area contributed by atoms with E-state index in [1.54, 1.807) is 12.1 Å². The van der Waals surface area contributed by atoms with Crippen molar-refractivity contribution < 1.29 is 13.9 Å². The number of piperidine rings is 1. The summed E-state index contributed by atoms with van der Waals surface area (Å²) in [5.41, 5.74) is 0.662. The summed E-state index contributed by atoms with van der Waals surface area (Å²) in [7, 11) is 0. The van der Waals surface area contributed by atoms with Crippen LogP contribution < -0.4 is 5.32 Å². The van der Waals surface area contributed by atoms with E-state index < -0.39 is 0 Å². The fourth-order valence-electron chi connectivity index (χ4n) is 3.29. The molecule has 1 fully saturated rings. The predicted molar refractivity (Wildman–Crippen MR) is 122 cm³/mol. The molecule has 1 aliphatic heterocycles. The number of nitrogens with zero attached hydrogens (tertiary/aromatic N) is 2. The lowest BCUT2D eigenvalue weighted by Gasteiger charge is -2.34. The summed E-state index contributed by atoms with van der Waals surface area (Å²) < 4.78 is 18.7. The Morgan fingerprint density at radius 3 is 2.57 bits per heavy atom. The first-order valence-electron chi connectivity index (χ1n) is 9.83. The van der Waals surface area contributed by atoms with Gasteiger partial charge in [-0.05, 0) is 44.4 Å². The lowest BCUT2D eigenvalue weighted by molar-refractivity contribution is -0.149. The maximum absolute atomic E-state index is 13.6. The van der Waals surface area contributed by atoms with Gasteiger partial charge in [-0.3, -0.25) is 9.79 Å². The van der Waals surface area contributed by atoms with Gasteiger partial charge in [0, 0.05) is 25.0 Å². The number of benzene rings is 1. The number of guanidine groups is 1. The molecule has 5 nitrogen and oxygen atoms in total. The molecule has 158 valence electrons. The van der Waals surface area contributed by atoms with Gasteiger partial charge in [-0.1, -0.05) is 26.0 Å². The fourth-order valence-corrected chi connectivity index (χ4v) is 3.29. The lowest BCUT2D eigenvalue weighted by Crippen LogP contribution is -2.47. The molecule has 0 aliphatic carbocycles. The molecule has 0 saturated carbocycles. The number of carbonyl (C=O) groups is 1. The van der Waals surface area contributed by atoms with Crippen molar-refractivity contribution in [3.63, 3.8) is 0 Å². The number of carbonyl (C=O) groups excluding carboxylic acids is 1. The standard InChI is InChI=1S/C21H32FN3O2.HI/c1-5-23-20(25-12-10-16(11-13-25)19(26)27-6-2)24-15-21(3,4)17-8-7-9-18(22)14-17;/h7-9,14,16H,5-6,10-13,15H2,1-4H3,(H,23,24);1H. The van der Waals surface area contributed by atoms with Crippen LogP contribution in [0.1, 0.15) is 46.1 Å². The third-order valence-electron chi connectivity index (χ3n) is 4.98. The van der Waals surface area contributed by atoms with Crippen molar-refractivity contribution in [2.45, 2.75) is 46.0 Å². The van der Waals surface area contributed by atoms with Crippen molar-refractivity contribution in [3.05, 3.63) is 35.6 Å². The Hall–Kier alpha value is -1.38. The summed E-state index contributed by atoms with van der Waals surface area (Å²) in [5.74, 6) is 0.515. The zero-order valence-corrected chi connectivity index (χ0v) is 19.7. The second-order valence-corrected chi connectivity index (χ2v) is 7.58. The molecule has 28 heavy (non-hydrogen) atoms. The van der Waals surface area contributed by atoms with Crippen molar-refractivity contribution in [1.82, 2.24) is 10.2 Å².